The Morgan fingerprint density at radius 1 is 1.50 bits per heavy atom. The number of aliphatic hydroxyl groups excluding tert-OH is 1. The molecule has 0 unspecified atom stereocenters. The number of fused-ring (bicyclic) bond motifs is 1. The number of aryl methyl sites for hydroxylation is 2. The van der Waals surface area contributed by atoms with Crippen molar-refractivity contribution in [2.24, 2.45) is 0 Å². The number of halogens is 1. The van der Waals surface area contributed by atoms with Crippen molar-refractivity contribution in [3.8, 4) is 0 Å². The Kier molecular flexibility index (Phi) is 5.12. The summed E-state index contributed by atoms with van der Waals surface area (Å²) in [6, 6.07) is 2.26. The summed E-state index contributed by atoms with van der Waals surface area (Å²) in [6.07, 6.45) is 2.79. The summed E-state index contributed by atoms with van der Waals surface area (Å²) in [7, 11) is 2.04. The highest BCUT2D eigenvalue weighted by Crippen LogP contribution is 2.19. The highest BCUT2D eigenvalue weighted by atomic mass is 79.9. The largest absolute Gasteiger partial charge is 0.395 e. The van der Waals surface area contributed by atoms with Crippen LogP contribution in [-0.2, 0) is 6.54 Å². The lowest BCUT2D eigenvalue weighted by atomic mass is 10.3. The second-order valence-electron chi connectivity index (χ2n) is 5.17. The van der Waals surface area contributed by atoms with E-state index < -0.39 is 0 Å². The van der Waals surface area contributed by atoms with Gasteiger partial charge in [0.1, 0.15) is 5.82 Å². The molecule has 0 aliphatic carbocycles. The third kappa shape index (κ3) is 3.37. The van der Waals surface area contributed by atoms with Crippen LogP contribution in [0.5, 0.6) is 0 Å². The molecule has 20 heavy (non-hydrogen) atoms. The van der Waals surface area contributed by atoms with Crippen LogP contribution < -0.4 is 0 Å². The highest BCUT2D eigenvalue weighted by Gasteiger charge is 2.10. The van der Waals surface area contributed by atoms with Gasteiger partial charge in [-0.2, -0.15) is 0 Å². The van der Waals surface area contributed by atoms with E-state index >= 15 is 0 Å². The summed E-state index contributed by atoms with van der Waals surface area (Å²) < 4.78 is 3.17. The molecular weight excluding hydrogens is 320 g/mol. The molecule has 110 valence electrons. The zero-order chi connectivity index (χ0) is 14.7. The molecular formula is C14H21BrN4O. The van der Waals surface area contributed by atoms with Crippen molar-refractivity contribution >= 4 is 27.1 Å². The average molecular weight is 341 g/mol. The molecule has 2 aromatic rings. The Bertz CT molecular complexity index is 584. The second kappa shape index (κ2) is 6.65. The van der Waals surface area contributed by atoms with Gasteiger partial charge in [-0.25, -0.2) is 9.97 Å². The summed E-state index contributed by atoms with van der Waals surface area (Å²) in [5, 5.41) is 9.13. The first kappa shape index (κ1) is 15.4. The molecule has 2 heterocycles. The number of hydrogen-bond acceptors (Lipinski definition) is 4. The van der Waals surface area contributed by atoms with Crippen LogP contribution in [0.4, 0.5) is 0 Å². The quantitative estimate of drug-likeness (QED) is 0.875. The van der Waals surface area contributed by atoms with Crippen molar-refractivity contribution in [3.63, 3.8) is 0 Å². The topological polar surface area (TPSA) is 54.2 Å². The first-order chi connectivity index (χ1) is 9.52. The van der Waals surface area contributed by atoms with Gasteiger partial charge in [-0.15, -0.1) is 0 Å². The van der Waals surface area contributed by atoms with E-state index in [0.717, 1.165) is 41.0 Å². The Labute approximate surface area is 127 Å². The average Bonchev–Trinajstić information content (AvgIpc) is 2.73. The first-order valence-corrected chi connectivity index (χ1v) is 7.61. The molecule has 2 rings (SSSR count). The Balaban J connectivity index is 2.06. The van der Waals surface area contributed by atoms with Gasteiger partial charge in [0.25, 0.3) is 0 Å². The van der Waals surface area contributed by atoms with Crippen LogP contribution >= 0.6 is 15.9 Å². The maximum absolute atomic E-state index is 9.13. The van der Waals surface area contributed by atoms with E-state index in [4.69, 9.17) is 5.11 Å². The SMILES string of the molecule is Cc1nc2ncc(Br)cc2n1CCCN(C)[C@@H](C)CO. The monoisotopic (exact) mass is 340 g/mol. The summed E-state index contributed by atoms with van der Waals surface area (Å²) in [5.74, 6) is 0.989. The van der Waals surface area contributed by atoms with Crippen LogP contribution in [0.25, 0.3) is 11.2 Å². The minimum atomic E-state index is 0.195. The van der Waals surface area contributed by atoms with E-state index in [9.17, 15) is 0 Å². The maximum atomic E-state index is 9.13. The van der Waals surface area contributed by atoms with Crippen molar-refractivity contribution in [3.05, 3.63) is 22.6 Å². The van der Waals surface area contributed by atoms with Gasteiger partial charge in [0.05, 0.1) is 12.1 Å². The maximum Gasteiger partial charge on any atom is 0.177 e. The minimum absolute atomic E-state index is 0.195. The van der Waals surface area contributed by atoms with Crippen LogP contribution in [0, 0.1) is 6.92 Å². The molecule has 0 saturated heterocycles. The van der Waals surface area contributed by atoms with Crippen LogP contribution in [0.15, 0.2) is 16.7 Å². The fourth-order valence-corrected chi connectivity index (χ4v) is 2.53. The highest BCUT2D eigenvalue weighted by molar-refractivity contribution is 9.10. The number of aromatic nitrogens is 3. The zero-order valence-electron chi connectivity index (χ0n) is 12.2. The summed E-state index contributed by atoms with van der Waals surface area (Å²) >= 11 is 3.46. The van der Waals surface area contributed by atoms with Gasteiger partial charge in [-0.05, 0) is 55.9 Å². The van der Waals surface area contributed by atoms with Crippen molar-refractivity contribution in [2.75, 3.05) is 20.2 Å². The number of pyridine rings is 1. The molecule has 0 aromatic carbocycles. The number of imidazole rings is 1. The molecule has 0 aliphatic heterocycles. The lowest BCUT2D eigenvalue weighted by Crippen LogP contribution is -2.33. The van der Waals surface area contributed by atoms with Gasteiger partial charge in [0, 0.05) is 23.3 Å². The lowest BCUT2D eigenvalue weighted by molar-refractivity contribution is 0.156. The smallest absolute Gasteiger partial charge is 0.177 e. The Hall–Kier alpha value is -0.980. The van der Waals surface area contributed by atoms with E-state index in [1.165, 1.54) is 0 Å². The van der Waals surface area contributed by atoms with E-state index in [1.54, 1.807) is 6.20 Å². The number of aliphatic hydroxyl groups is 1. The number of nitrogens with zero attached hydrogens (tertiary/aromatic N) is 4. The minimum Gasteiger partial charge on any atom is -0.395 e. The Morgan fingerprint density at radius 3 is 2.95 bits per heavy atom. The van der Waals surface area contributed by atoms with Crippen molar-refractivity contribution < 1.29 is 5.11 Å². The molecule has 0 radical (unpaired) electrons. The predicted octanol–water partition coefficient (Wildman–Crippen LogP) is 2.20. The molecule has 0 spiro atoms. The molecule has 0 saturated carbocycles. The molecule has 1 atom stereocenters. The summed E-state index contributed by atoms with van der Waals surface area (Å²) in [6.45, 7) is 6.08. The fourth-order valence-electron chi connectivity index (χ4n) is 2.21. The lowest BCUT2D eigenvalue weighted by Gasteiger charge is -2.22. The molecule has 0 fully saturated rings. The van der Waals surface area contributed by atoms with Crippen LogP contribution in [0.2, 0.25) is 0 Å². The summed E-state index contributed by atoms with van der Waals surface area (Å²) in [5.41, 5.74) is 1.86. The van der Waals surface area contributed by atoms with Gasteiger partial charge in [-0.1, -0.05) is 0 Å². The first-order valence-electron chi connectivity index (χ1n) is 6.82. The van der Waals surface area contributed by atoms with Gasteiger partial charge < -0.3 is 14.6 Å². The van der Waals surface area contributed by atoms with Crippen LogP contribution in [0.1, 0.15) is 19.2 Å². The molecule has 2 aromatic heterocycles. The van der Waals surface area contributed by atoms with E-state index in [1.807, 2.05) is 20.9 Å². The normalized spacial score (nSPS) is 13.3. The van der Waals surface area contributed by atoms with Crippen LogP contribution in [-0.4, -0.2) is 50.8 Å². The van der Waals surface area contributed by atoms with Crippen molar-refractivity contribution in [1.29, 1.82) is 0 Å². The third-order valence-electron chi connectivity index (χ3n) is 3.67. The number of hydrogen-bond donors (Lipinski definition) is 1. The molecule has 6 heteroatoms. The van der Waals surface area contributed by atoms with Gasteiger partial charge in [0.2, 0.25) is 0 Å². The van der Waals surface area contributed by atoms with Crippen molar-refractivity contribution in [1.82, 2.24) is 19.4 Å². The Morgan fingerprint density at radius 2 is 2.25 bits per heavy atom. The van der Waals surface area contributed by atoms with Gasteiger partial charge in [-0.3, -0.25) is 0 Å². The number of likely N-dealkylation sites (N-methyl/N-ethyl adjacent to an activating group) is 1. The van der Waals surface area contributed by atoms with E-state index in [0.29, 0.717) is 0 Å². The van der Waals surface area contributed by atoms with Crippen molar-refractivity contribution in [2.45, 2.75) is 32.9 Å². The molecule has 0 amide bonds. The number of rotatable bonds is 6. The van der Waals surface area contributed by atoms with Crippen LogP contribution in [0.3, 0.4) is 0 Å². The molecule has 5 nitrogen and oxygen atoms in total. The predicted molar refractivity (Wildman–Crippen MR) is 83.8 cm³/mol. The van der Waals surface area contributed by atoms with Gasteiger partial charge in [0.15, 0.2) is 5.65 Å². The second-order valence-corrected chi connectivity index (χ2v) is 6.09. The summed E-state index contributed by atoms with van der Waals surface area (Å²) in [4.78, 5) is 11.0. The zero-order valence-corrected chi connectivity index (χ0v) is 13.8. The van der Waals surface area contributed by atoms with E-state index in [-0.39, 0.29) is 12.6 Å². The fraction of sp³-hybridized carbons (Fsp3) is 0.571. The molecule has 0 aliphatic rings. The molecule has 1 N–H and O–H groups in total. The molecule has 0 bridgehead atoms. The third-order valence-corrected chi connectivity index (χ3v) is 4.11. The standard InChI is InChI=1S/C14H21BrN4O/c1-10(9-20)18(3)5-4-6-19-11(2)17-14-13(19)7-12(15)8-16-14/h7-8,10,20H,4-6,9H2,1-3H3/t10-/m0/s1. The van der Waals surface area contributed by atoms with E-state index in [2.05, 4.69) is 41.4 Å². The van der Waals surface area contributed by atoms with Gasteiger partial charge >= 0.3 is 0 Å².